The predicted molar refractivity (Wildman–Crippen MR) is 75.1 cm³/mol. The first-order chi connectivity index (χ1) is 9.49. The second kappa shape index (κ2) is 5.05. The van der Waals surface area contributed by atoms with E-state index in [2.05, 4.69) is 5.32 Å². The van der Waals surface area contributed by atoms with Crippen LogP contribution in [0, 0.1) is 23.2 Å². The lowest BCUT2D eigenvalue weighted by atomic mass is 9.49. The van der Waals surface area contributed by atoms with E-state index >= 15 is 0 Å². The van der Waals surface area contributed by atoms with Crippen molar-refractivity contribution in [3.05, 3.63) is 0 Å². The Labute approximate surface area is 120 Å². The van der Waals surface area contributed by atoms with E-state index in [1.54, 1.807) is 6.92 Å². The molecule has 0 aromatic carbocycles. The molecule has 0 aromatic rings. The molecule has 4 nitrogen and oxygen atoms in total. The van der Waals surface area contributed by atoms with Gasteiger partial charge in [-0.25, -0.2) is 4.79 Å². The van der Waals surface area contributed by atoms with Gasteiger partial charge in [-0.3, -0.25) is 4.79 Å². The molecule has 20 heavy (non-hydrogen) atoms. The number of hydrogen-bond donors (Lipinski definition) is 2. The van der Waals surface area contributed by atoms with Crippen LogP contribution in [0.5, 0.6) is 0 Å². The van der Waals surface area contributed by atoms with Crippen LogP contribution in [0.4, 0.5) is 0 Å². The quantitative estimate of drug-likeness (QED) is 0.813. The monoisotopic (exact) mass is 279 g/mol. The average Bonchev–Trinajstić information content (AvgIpc) is 2.33. The molecule has 112 valence electrons. The van der Waals surface area contributed by atoms with Gasteiger partial charge in [-0.05, 0) is 68.1 Å². The highest BCUT2D eigenvalue weighted by Crippen LogP contribution is 2.61. The summed E-state index contributed by atoms with van der Waals surface area (Å²) < 4.78 is 0. The van der Waals surface area contributed by atoms with Crippen molar-refractivity contribution in [1.82, 2.24) is 5.32 Å². The Bertz CT molecular complexity index is 383. The van der Waals surface area contributed by atoms with Crippen LogP contribution in [0.25, 0.3) is 0 Å². The van der Waals surface area contributed by atoms with E-state index in [0.29, 0.717) is 12.8 Å². The Hall–Kier alpha value is -1.06. The first kappa shape index (κ1) is 13.9. The molecule has 1 atom stereocenters. The summed E-state index contributed by atoms with van der Waals surface area (Å²) in [5.74, 6) is 1.51. The molecule has 0 aromatic heterocycles. The molecule has 4 saturated carbocycles. The largest absolute Gasteiger partial charge is 0.480 e. The minimum absolute atomic E-state index is 0.0544. The summed E-state index contributed by atoms with van der Waals surface area (Å²) in [5, 5.41) is 11.7. The molecule has 4 rings (SSSR count). The second-order valence-electron chi connectivity index (χ2n) is 7.46. The van der Waals surface area contributed by atoms with Crippen molar-refractivity contribution in [2.45, 2.75) is 64.3 Å². The summed E-state index contributed by atoms with van der Waals surface area (Å²) in [6.07, 6.45) is 8.67. The Kier molecular flexibility index (Phi) is 3.51. The fourth-order valence-electron chi connectivity index (χ4n) is 5.43. The van der Waals surface area contributed by atoms with Crippen molar-refractivity contribution in [2.75, 3.05) is 0 Å². The maximum atomic E-state index is 12.2. The molecule has 4 aliphatic rings. The third kappa shape index (κ3) is 2.57. The van der Waals surface area contributed by atoms with Crippen LogP contribution < -0.4 is 5.32 Å². The van der Waals surface area contributed by atoms with Gasteiger partial charge in [0.15, 0.2) is 0 Å². The first-order valence-electron chi connectivity index (χ1n) is 8.02. The van der Waals surface area contributed by atoms with Crippen LogP contribution in [0.2, 0.25) is 0 Å². The van der Waals surface area contributed by atoms with E-state index < -0.39 is 12.0 Å². The summed E-state index contributed by atoms with van der Waals surface area (Å²) in [6.45, 7) is 1.80. The van der Waals surface area contributed by atoms with Gasteiger partial charge in [-0.1, -0.05) is 6.92 Å². The molecular weight excluding hydrogens is 254 g/mol. The van der Waals surface area contributed by atoms with Gasteiger partial charge >= 0.3 is 5.97 Å². The fraction of sp³-hybridized carbons (Fsp3) is 0.875. The summed E-state index contributed by atoms with van der Waals surface area (Å²) in [7, 11) is 0. The minimum atomic E-state index is -0.925. The number of hydrogen-bond acceptors (Lipinski definition) is 2. The summed E-state index contributed by atoms with van der Waals surface area (Å²) >= 11 is 0. The zero-order valence-electron chi connectivity index (χ0n) is 12.2. The molecule has 4 fully saturated rings. The Morgan fingerprint density at radius 3 is 2.05 bits per heavy atom. The molecule has 0 aliphatic heterocycles. The molecule has 4 heteroatoms. The van der Waals surface area contributed by atoms with Gasteiger partial charge in [0.1, 0.15) is 6.04 Å². The summed E-state index contributed by atoms with van der Waals surface area (Å²) in [5.41, 5.74) is 0.190. The molecule has 2 N–H and O–H groups in total. The lowest BCUT2D eigenvalue weighted by Crippen LogP contribution is -2.49. The van der Waals surface area contributed by atoms with E-state index in [9.17, 15) is 9.59 Å². The number of aliphatic carboxylic acids is 1. The first-order valence-corrected chi connectivity index (χ1v) is 8.02. The van der Waals surface area contributed by atoms with Crippen molar-refractivity contribution in [3.63, 3.8) is 0 Å². The number of carboxylic acids is 1. The molecule has 0 spiro atoms. The minimum Gasteiger partial charge on any atom is -0.480 e. The van der Waals surface area contributed by atoms with Crippen molar-refractivity contribution in [3.8, 4) is 0 Å². The van der Waals surface area contributed by atoms with Crippen LogP contribution in [0.3, 0.4) is 0 Å². The number of amides is 1. The summed E-state index contributed by atoms with van der Waals surface area (Å²) in [4.78, 5) is 23.2. The van der Waals surface area contributed by atoms with Crippen molar-refractivity contribution in [2.24, 2.45) is 23.2 Å². The van der Waals surface area contributed by atoms with Crippen LogP contribution in [-0.4, -0.2) is 23.0 Å². The molecular formula is C16H25NO3. The van der Waals surface area contributed by atoms with Crippen molar-refractivity contribution >= 4 is 11.9 Å². The van der Waals surface area contributed by atoms with Crippen LogP contribution in [0.1, 0.15) is 58.3 Å². The smallest absolute Gasteiger partial charge is 0.326 e. The van der Waals surface area contributed by atoms with E-state index in [1.807, 2.05) is 0 Å². The SMILES string of the molecule is CC[C@@H](NC(=O)CC12CC3CC(CC(C3)C1)C2)C(=O)O. The Balaban J connectivity index is 1.62. The van der Waals surface area contributed by atoms with Crippen molar-refractivity contribution in [1.29, 1.82) is 0 Å². The number of carbonyl (C=O) groups is 2. The number of carboxylic acid groups (broad SMARTS) is 1. The highest BCUT2D eigenvalue weighted by molar-refractivity contribution is 5.83. The predicted octanol–water partition coefficient (Wildman–Crippen LogP) is 2.57. The van der Waals surface area contributed by atoms with Gasteiger partial charge < -0.3 is 10.4 Å². The van der Waals surface area contributed by atoms with Gasteiger partial charge in [-0.2, -0.15) is 0 Å². The lowest BCUT2D eigenvalue weighted by molar-refractivity contribution is -0.143. The molecule has 0 radical (unpaired) electrons. The third-order valence-electron chi connectivity index (χ3n) is 5.74. The second-order valence-corrected chi connectivity index (χ2v) is 7.46. The van der Waals surface area contributed by atoms with Crippen molar-refractivity contribution < 1.29 is 14.7 Å². The zero-order valence-corrected chi connectivity index (χ0v) is 12.2. The topological polar surface area (TPSA) is 66.4 Å². The zero-order chi connectivity index (χ0) is 14.3. The van der Waals surface area contributed by atoms with E-state index in [-0.39, 0.29) is 11.3 Å². The van der Waals surface area contributed by atoms with Gasteiger partial charge in [0.25, 0.3) is 0 Å². The van der Waals surface area contributed by atoms with Gasteiger partial charge in [0.05, 0.1) is 0 Å². The fourth-order valence-corrected chi connectivity index (χ4v) is 5.43. The van der Waals surface area contributed by atoms with Crippen LogP contribution in [-0.2, 0) is 9.59 Å². The van der Waals surface area contributed by atoms with Gasteiger partial charge in [-0.15, -0.1) is 0 Å². The third-order valence-corrected chi connectivity index (χ3v) is 5.74. The maximum absolute atomic E-state index is 12.2. The molecule has 1 amide bonds. The number of rotatable bonds is 5. The number of nitrogens with one attached hydrogen (secondary N) is 1. The molecule has 0 unspecified atom stereocenters. The Morgan fingerprint density at radius 1 is 1.15 bits per heavy atom. The highest BCUT2D eigenvalue weighted by Gasteiger charge is 2.51. The lowest BCUT2D eigenvalue weighted by Gasteiger charge is -2.56. The average molecular weight is 279 g/mol. The molecule has 4 aliphatic carbocycles. The normalized spacial score (nSPS) is 39.5. The standard InChI is InChI=1S/C16H25NO3/c1-2-13(15(19)20)17-14(18)9-16-6-10-3-11(7-16)5-12(4-10)8-16/h10-13H,2-9H2,1H3,(H,17,18)(H,19,20)/t10?,11?,12?,13-,16?/m1/s1. The highest BCUT2D eigenvalue weighted by atomic mass is 16.4. The van der Waals surface area contributed by atoms with E-state index in [0.717, 1.165) is 17.8 Å². The maximum Gasteiger partial charge on any atom is 0.326 e. The van der Waals surface area contributed by atoms with Crippen LogP contribution >= 0.6 is 0 Å². The summed E-state index contributed by atoms with van der Waals surface area (Å²) in [6, 6.07) is -0.726. The van der Waals surface area contributed by atoms with E-state index in [1.165, 1.54) is 38.5 Å². The molecule has 0 heterocycles. The number of carbonyl (C=O) groups excluding carboxylic acids is 1. The van der Waals surface area contributed by atoms with Gasteiger partial charge in [0.2, 0.25) is 5.91 Å². The molecule has 4 bridgehead atoms. The van der Waals surface area contributed by atoms with Gasteiger partial charge in [0, 0.05) is 6.42 Å². The molecule has 0 saturated heterocycles. The van der Waals surface area contributed by atoms with E-state index in [4.69, 9.17) is 5.11 Å². The van der Waals surface area contributed by atoms with Crippen LogP contribution in [0.15, 0.2) is 0 Å². The Morgan fingerprint density at radius 2 is 1.65 bits per heavy atom.